The van der Waals surface area contributed by atoms with Crippen molar-refractivity contribution in [3.05, 3.63) is 0 Å². The van der Waals surface area contributed by atoms with Crippen LogP contribution in [-0.2, 0) is 13.6 Å². The first-order chi connectivity index (χ1) is 25.4. The van der Waals surface area contributed by atoms with E-state index >= 15 is 0 Å². The van der Waals surface area contributed by atoms with Gasteiger partial charge in [0.05, 0.1) is 31.3 Å². The van der Waals surface area contributed by atoms with Gasteiger partial charge in [0.25, 0.3) is 0 Å². The standard InChI is InChI=1S/C47H51NO4Si2/c1-13-15-17-18-19-20-21-22-23-24-25-26-27-28-29-30-31-32-33-34-35-36-38-40-44(50)48-42(41-49)45(52-54(11,12)47(6,7)8)43(39-37-16-14-2)51-53(9,10)46(3,4)5/h1,42-43,45,49H,14,16,37,39-41H2,2-12H3,(H,48,50)/t42-,43+,45-/m0/s1. The highest BCUT2D eigenvalue weighted by Crippen LogP contribution is 2.41. The zero-order chi connectivity index (χ0) is 40.9. The molecule has 0 radical (unpaired) electrons. The van der Waals surface area contributed by atoms with Gasteiger partial charge in [-0.1, -0.05) is 73.6 Å². The van der Waals surface area contributed by atoms with E-state index in [0.29, 0.717) is 0 Å². The van der Waals surface area contributed by atoms with E-state index in [1.807, 2.05) is 0 Å². The zero-order valence-corrected chi connectivity index (χ0v) is 35.7. The average Bonchev–Trinajstić information content (AvgIpc) is 3.08. The molecule has 3 atom stereocenters. The van der Waals surface area contributed by atoms with E-state index in [2.05, 4.69) is 216 Å². The minimum absolute atomic E-state index is 0.0197. The lowest BCUT2D eigenvalue weighted by molar-refractivity contribution is -0.122. The first kappa shape index (κ1) is 48.5. The third-order valence-corrected chi connectivity index (χ3v) is 17.5. The van der Waals surface area contributed by atoms with Gasteiger partial charge in [-0.15, -0.1) is 6.42 Å². The van der Waals surface area contributed by atoms with Gasteiger partial charge in [-0.3, -0.25) is 4.79 Å². The van der Waals surface area contributed by atoms with Gasteiger partial charge in [-0.2, -0.15) is 0 Å². The average molecular weight is 750 g/mol. The van der Waals surface area contributed by atoms with Crippen LogP contribution in [0.15, 0.2) is 0 Å². The Kier molecular flexibility index (Phi) is 23.6. The summed E-state index contributed by atoms with van der Waals surface area (Å²) in [6.45, 7) is 23.9. The lowest BCUT2D eigenvalue weighted by Gasteiger charge is -2.47. The molecule has 0 aromatic carbocycles. The molecule has 0 bridgehead atoms. The van der Waals surface area contributed by atoms with E-state index < -0.39 is 28.8 Å². The summed E-state index contributed by atoms with van der Waals surface area (Å²) in [4.78, 5) is 13.1. The minimum Gasteiger partial charge on any atom is -0.411 e. The minimum atomic E-state index is -2.33. The molecule has 2 N–H and O–H groups in total. The number of hydrogen-bond acceptors (Lipinski definition) is 4. The van der Waals surface area contributed by atoms with Crippen molar-refractivity contribution in [1.82, 2.24) is 5.32 Å². The normalized spacial score (nSPS) is 11.2. The number of hydrogen-bond donors (Lipinski definition) is 2. The van der Waals surface area contributed by atoms with Gasteiger partial charge in [-0.05, 0) is 137 Å². The molecule has 0 rings (SSSR count). The molecular formula is C47H51NO4Si2. The van der Waals surface area contributed by atoms with Crippen molar-refractivity contribution in [2.75, 3.05) is 6.61 Å². The summed E-state index contributed by atoms with van der Waals surface area (Å²) >= 11 is 0. The Morgan fingerprint density at radius 2 is 1.00 bits per heavy atom. The number of aliphatic hydroxyl groups is 1. The molecule has 0 saturated heterocycles. The number of carbonyl (C=O) groups is 1. The number of nitrogens with one attached hydrogen (secondary N) is 1. The van der Waals surface area contributed by atoms with Crippen LogP contribution in [0, 0.1) is 143 Å². The number of terminal acetylenes is 1. The van der Waals surface area contributed by atoms with E-state index in [1.165, 1.54) is 0 Å². The lowest BCUT2D eigenvalue weighted by Crippen LogP contribution is -2.59. The number of rotatable bonds is 13. The van der Waals surface area contributed by atoms with Gasteiger partial charge in [0.2, 0.25) is 5.91 Å². The molecule has 0 fully saturated rings. The van der Waals surface area contributed by atoms with Crippen molar-refractivity contribution in [2.24, 2.45) is 0 Å². The maximum absolute atomic E-state index is 13.1. The Labute approximate surface area is 329 Å². The van der Waals surface area contributed by atoms with Crippen molar-refractivity contribution in [3.63, 3.8) is 0 Å². The van der Waals surface area contributed by atoms with Gasteiger partial charge in [0.1, 0.15) is 0 Å². The van der Waals surface area contributed by atoms with Crippen LogP contribution < -0.4 is 5.32 Å². The van der Waals surface area contributed by atoms with E-state index in [4.69, 9.17) is 15.3 Å². The van der Waals surface area contributed by atoms with Crippen molar-refractivity contribution < 1.29 is 18.8 Å². The summed E-state index contributed by atoms with van der Waals surface area (Å²) in [6, 6.07) is -0.667. The third kappa shape index (κ3) is 21.8. The van der Waals surface area contributed by atoms with Crippen LogP contribution >= 0.6 is 0 Å². The smallest absolute Gasteiger partial charge is 0.232 e. The molecule has 0 spiro atoms. The molecule has 7 heteroatoms. The van der Waals surface area contributed by atoms with Crippen molar-refractivity contribution >= 4 is 22.5 Å². The highest BCUT2D eigenvalue weighted by molar-refractivity contribution is 6.74. The van der Waals surface area contributed by atoms with Crippen molar-refractivity contribution in [2.45, 2.75) is 135 Å². The predicted molar refractivity (Wildman–Crippen MR) is 226 cm³/mol. The molecule has 0 aliphatic rings. The van der Waals surface area contributed by atoms with Crippen LogP contribution in [0.2, 0.25) is 36.3 Å². The molecule has 1 amide bonds. The maximum Gasteiger partial charge on any atom is 0.232 e. The van der Waals surface area contributed by atoms with E-state index in [0.717, 1.165) is 25.7 Å². The summed E-state index contributed by atoms with van der Waals surface area (Å²) in [6.07, 6.45) is 7.93. The highest BCUT2D eigenvalue weighted by Gasteiger charge is 2.46. The second-order valence-corrected chi connectivity index (χ2v) is 24.2. The van der Waals surface area contributed by atoms with Gasteiger partial charge in [-0.25, -0.2) is 0 Å². The number of carbonyl (C=O) groups excluding carboxylic acids is 1. The SMILES string of the molecule is C#CC#CC#CC#CC#CC#CC#CC#CC#CC#CC#CC#CCC(=O)N[C@@H](CO)[C@H](O[Si](C)(C)C(C)(C)C)[C@@H](CCCCC)O[Si](C)(C)C(C)(C)C. The molecule has 0 heterocycles. The summed E-state index contributed by atoms with van der Waals surface area (Å²) in [5.74, 6) is 57.4. The number of unbranched alkanes of at least 4 members (excludes halogenated alkanes) is 2. The predicted octanol–water partition coefficient (Wildman–Crippen LogP) is 5.89. The van der Waals surface area contributed by atoms with Crippen LogP contribution in [0.5, 0.6) is 0 Å². The Bertz CT molecular complexity index is 2060. The van der Waals surface area contributed by atoms with Crippen LogP contribution in [-0.4, -0.2) is 52.5 Å². The molecular weight excluding hydrogens is 699 g/mol. The lowest BCUT2D eigenvalue weighted by atomic mass is 10.0. The monoisotopic (exact) mass is 749 g/mol. The second-order valence-electron chi connectivity index (χ2n) is 14.7. The van der Waals surface area contributed by atoms with Gasteiger partial charge >= 0.3 is 0 Å². The Balaban J connectivity index is 5.63. The molecule has 276 valence electrons. The van der Waals surface area contributed by atoms with Crippen molar-refractivity contribution in [3.8, 4) is 143 Å². The molecule has 0 aliphatic carbocycles. The largest absolute Gasteiger partial charge is 0.411 e. The van der Waals surface area contributed by atoms with Gasteiger partial charge in [0, 0.05) is 35.5 Å². The highest BCUT2D eigenvalue weighted by atomic mass is 28.4. The molecule has 0 saturated carbocycles. The fourth-order valence-electron chi connectivity index (χ4n) is 3.66. The molecule has 54 heavy (non-hydrogen) atoms. The summed E-state index contributed by atoms with van der Waals surface area (Å²) in [5.41, 5.74) is 0. The van der Waals surface area contributed by atoms with Gasteiger partial charge in [0.15, 0.2) is 16.6 Å². The third-order valence-electron chi connectivity index (χ3n) is 8.55. The first-order valence-corrected chi connectivity index (χ1v) is 23.4. The summed E-state index contributed by atoms with van der Waals surface area (Å²) < 4.78 is 14.0. The maximum atomic E-state index is 13.1. The molecule has 0 unspecified atom stereocenters. The van der Waals surface area contributed by atoms with Crippen LogP contribution in [0.1, 0.15) is 80.6 Å². The Morgan fingerprint density at radius 1 is 0.630 bits per heavy atom. The van der Waals surface area contributed by atoms with Crippen LogP contribution in [0.3, 0.4) is 0 Å². The summed E-state index contributed by atoms with van der Waals surface area (Å²) in [5, 5.41) is 13.5. The zero-order valence-electron chi connectivity index (χ0n) is 33.7. The Morgan fingerprint density at radius 3 is 1.35 bits per heavy atom. The Hall–Kier alpha value is -5.50. The number of aliphatic hydroxyl groups excluding tert-OH is 1. The van der Waals surface area contributed by atoms with E-state index in [1.54, 1.807) is 0 Å². The molecule has 5 nitrogen and oxygen atoms in total. The number of amides is 1. The van der Waals surface area contributed by atoms with Gasteiger partial charge < -0.3 is 19.3 Å². The second kappa shape index (κ2) is 26.3. The van der Waals surface area contributed by atoms with Crippen molar-refractivity contribution in [1.29, 1.82) is 0 Å². The molecule has 0 aliphatic heterocycles. The fraction of sp³-hybridized carbons (Fsp3) is 0.468. The van der Waals surface area contributed by atoms with Crippen LogP contribution in [0.4, 0.5) is 0 Å². The van der Waals surface area contributed by atoms with Crippen LogP contribution in [0.25, 0.3) is 0 Å². The quantitative estimate of drug-likeness (QED) is 0.140. The topological polar surface area (TPSA) is 67.8 Å². The van der Waals surface area contributed by atoms with E-state index in [-0.39, 0.29) is 35.1 Å². The molecule has 0 aromatic heterocycles. The summed E-state index contributed by atoms with van der Waals surface area (Å²) in [7, 11) is -4.55. The van der Waals surface area contributed by atoms with E-state index in [9.17, 15) is 9.90 Å². The first-order valence-electron chi connectivity index (χ1n) is 17.6. The molecule has 0 aromatic rings. The fourth-order valence-corrected chi connectivity index (χ4v) is 6.38.